The number of hydrogen-bond acceptors (Lipinski definition) is 1. The predicted molar refractivity (Wildman–Crippen MR) is 70.1 cm³/mol. The minimum Gasteiger partial charge on any atom is -0.496 e. The summed E-state index contributed by atoms with van der Waals surface area (Å²) in [6, 6.07) is 6.32. The second-order valence-electron chi connectivity index (χ2n) is 4.18. The van der Waals surface area contributed by atoms with Gasteiger partial charge in [-0.3, -0.25) is 0 Å². The van der Waals surface area contributed by atoms with E-state index >= 15 is 0 Å². The molecule has 1 aliphatic carbocycles. The molecular weight excluding hydrogens is 196 g/mol. The highest BCUT2D eigenvalue weighted by Crippen LogP contribution is 2.26. The van der Waals surface area contributed by atoms with E-state index in [2.05, 4.69) is 25.1 Å². The lowest BCUT2D eigenvalue weighted by Gasteiger charge is -2.10. The van der Waals surface area contributed by atoms with Crippen LogP contribution in [-0.2, 0) is 6.42 Å². The van der Waals surface area contributed by atoms with Crippen LogP contribution in [0.5, 0.6) is 5.75 Å². The van der Waals surface area contributed by atoms with Gasteiger partial charge in [-0.1, -0.05) is 31.2 Å². The van der Waals surface area contributed by atoms with Crippen LogP contribution in [-0.4, -0.2) is 7.11 Å². The Morgan fingerprint density at radius 2 is 2.12 bits per heavy atom. The third-order valence-electron chi connectivity index (χ3n) is 3.17. The van der Waals surface area contributed by atoms with Crippen LogP contribution >= 0.6 is 0 Å². The van der Waals surface area contributed by atoms with E-state index in [1.807, 2.05) is 6.07 Å². The number of rotatable bonds is 3. The van der Waals surface area contributed by atoms with Gasteiger partial charge in [-0.2, -0.15) is 0 Å². The van der Waals surface area contributed by atoms with E-state index in [9.17, 15) is 0 Å². The van der Waals surface area contributed by atoms with Gasteiger partial charge in [0, 0.05) is 0 Å². The highest BCUT2D eigenvalue weighted by Gasteiger charge is 2.09. The lowest BCUT2D eigenvalue weighted by Crippen LogP contribution is -1.95. The number of ether oxygens (including phenoxy) is 1. The Morgan fingerprint density at radius 3 is 2.75 bits per heavy atom. The fourth-order valence-electron chi connectivity index (χ4n) is 2.22. The minimum atomic E-state index is 0. The largest absolute Gasteiger partial charge is 0.496 e. The van der Waals surface area contributed by atoms with Gasteiger partial charge in [-0.25, -0.2) is 0 Å². The molecule has 0 aliphatic heterocycles. The molecule has 0 saturated carbocycles. The average Bonchev–Trinajstić information content (AvgIpc) is 2.74. The Kier molecular flexibility index (Phi) is 4.60. The standard InChI is InChI=1S/C14H18O.CH4/c1-11-13(8-5-9-14(11)15-2)10-12-6-3-4-7-12;/h5-6,8-9H,3-4,7,10H2,1-2H3;1H4. The normalized spacial score (nSPS) is 14.2. The van der Waals surface area contributed by atoms with Crippen LogP contribution in [0.2, 0.25) is 0 Å². The van der Waals surface area contributed by atoms with Crippen LogP contribution < -0.4 is 4.74 Å². The number of methoxy groups -OCH3 is 1. The van der Waals surface area contributed by atoms with Gasteiger partial charge < -0.3 is 4.74 Å². The first kappa shape index (κ1) is 12.8. The molecule has 88 valence electrons. The molecule has 1 aromatic carbocycles. The zero-order valence-corrected chi connectivity index (χ0v) is 9.55. The van der Waals surface area contributed by atoms with Gasteiger partial charge in [-0.15, -0.1) is 0 Å². The second-order valence-corrected chi connectivity index (χ2v) is 4.18. The quantitative estimate of drug-likeness (QED) is 0.688. The molecule has 0 radical (unpaired) electrons. The molecule has 0 spiro atoms. The van der Waals surface area contributed by atoms with E-state index in [0.717, 1.165) is 12.2 Å². The van der Waals surface area contributed by atoms with Crippen molar-refractivity contribution in [2.45, 2.75) is 40.0 Å². The zero-order valence-electron chi connectivity index (χ0n) is 9.55. The molecule has 0 bridgehead atoms. The fourth-order valence-corrected chi connectivity index (χ4v) is 2.22. The highest BCUT2D eigenvalue weighted by molar-refractivity contribution is 5.41. The molecule has 16 heavy (non-hydrogen) atoms. The molecule has 0 fully saturated rings. The topological polar surface area (TPSA) is 9.23 Å². The molecule has 0 heterocycles. The first-order valence-corrected chi connectivity index (χ1v) is 5.61. The maximum atomic E-state index is 5.33. The van der Waals surface area contributed by atoms with Crippen molar-refractivity contribution < 1.29 is 4.74 Å². The van der Waals surface area contributed by atoms with Crippen LogP contribution in [0, 0.1) is 6.92 Å². The highest BCUT2D eigenvalue weighted by atomic mass is 16.5. The van der Waals surface area contributed by atoms with Crippen LogP contribution in [0.4, 0.5) is 0 Å². The molecule has 0 N–H and O–H groups in total. The molecule has 0 amide bonds. The number of hydrogen-bond donors (Lipinski definition) is 0. The van der Waals surface area contributed by atoms with E-state index in [0.29, 0.717) is 0 Å². The summed E-state index contributed by atoms with van der Waals surface area (Å²) >= 11 is 0. The first-order chi connectivity index (χ1) is 7.31. The summed E-state index contributed by atoms with van der Waals surface area (Å²) in [4.78, 5) is 0. The summed E-state index contributed by atoms with van der Waals surface area (Å²) in [7, 11) is 1.74. The number of allylic oxidation sites excluding steroid dienone is 2. The van der Waals surface area contributed by atoms with Gasteiger partial charge in [-0.05, 0) is 49.8 Å². The van der Waals surface area contributed by atoms with Crippen molar-refractivity contribution in [2.24, 2.45) is 0 Å². The molecule has 0 unspecified atom stereocenters. The van der Waals surface area contributed by atoms with Gasteiger partial charge in [0.1, 0.15) is 5.75 Å². The summed E-state index contributed by atoms with van der Waals surface area (Å²) in [5.41, 5.74) is 4.28. The third kappa shape index (κ3) is 2.66. The molecule has 0 saturated heterocycles. The van der Waals surface area contributed by atoms with Gasteiger partial charge in [0.2, 0.25) is 0 Å². The average molecular weight is 218 g/mol. The summed E-state index contributed by atoms with van der Waals surface area (Å²) in [5, 5.41) is 0. The molecular formula is C15H22O. The van der Waals surface area contributed by atoms with Crippen molar-refractivity contribution in [3.8, 4) is 5.75 Å². The molecule has 0 aromatic heterocycles. The van der Waals surface area contributed by atoms with Crippen molar-refractivity contribution >= 4 is 0 Å². The van der Waals surface area contributed by atoms with Crippen LogP contribution in [0.15, 0.2) is 29.8 Å². The van der Waals surface area contributed by atoms with Crippen molar-refractivity contribution in [3.05, 3.63) is 41.0 Å². The summed E-state index contributed by atoms with van der Waals surface area (Å²) in [6.07, 6.45) is 7.36. The van der Waals surface area contributed by atoms with E-state index in [1.54, 1.807) is 12.7 Å². The lowest BCUT2D eigenvalue weighted by atomic mass is 10.00. The lowest BCUT2D eigenvalue weighted by molar-refractivity contribution is 0.411. The Hall–Kier alpha value is -1.24. The van der Waals surface area contributed by atoms with E-state index in [1.165, 1.54) is 30.4 Å². The van der Waals surface area contributed by atoms with Gasteiger partial charge in [0.15, 0.2) is 0 Å². The Balaban J connectivity index is 0.00000128. The smallest absolute Gasteiger partial charge is 0.122 e. The first-order valence-electron chi connectivity index (χ1n) is 5.61. The van der Waals surface area contributed by atoms with Crippen molar-refractivity contribution in [2.75, 3.05) is 7.11 Å². The van der Waals surface area contributed by atoms with Gasteiger partial charge in [0.05, 0.1) is 7.11 Å². The maximum absolute atomic E-state index is 5.33. The molecule has 2 rings (SSSR count). The Labute approximate surface area is 99.1 Å². The van der Waals surface area contributed by atoms with Gasteiger partial charge in [0.25, 0.3) is 0 Å². The SMILES string of the molecule is C.COc1cccc(CC2=CCCC2)c1C. The molecule has 1 nitrogen and oxygen atoms in total. The molecule has 1 aliphatic rings. The zero-order chi connectivity index (χ0) is 10.7. The van der Waals surface area contributed by atoms with Crippen molar-refractivity contribution in [1.29, 1.82) is 0 Å². The summed E-state index contributed by atoms with van der Waals surface area (Å²) in [6.45, 7) is 2.14. The maximum Gasteiger partial charge on any atom is 0.122 e. The third-order valence-corrected chi connectivity index (χ3v) is 3.17. The Morgan fingerprint density at radius 1 is 1.31 bits per heavy atom. The molecule has 1 aromatic rings. The monoisotopic (exact) mass is 218 g/mol. The van der Waals surface area contributed by atoms with Crippen LogP contribution in [0.1, 0.15) is 37.8 Å². The van der Waals surface area contributed by atoms with Crippen molar-refractivity contribution in [1.82, 2.24) is 0 Å². The predicted octanol–water partition coefficient (Wildman–Crippen LogP) is 4.29. The summed E-state index contributed by atoms with van der Waals surface area (Å²) < 4.78 is 5.33. The van der Waals surface area contributed by atoms with Gasteiger partial charge >= 0.3 is 0 Å². The number of benzene rings is 1. The summed E-state index contributed by atoms with van der Waals surface area (Å²) in [5.74, 6) is 1.01. The second kappa shape index (κ2) is 5.74. The molecule has 1 heteroatoms. The van der Waals surface area contributed by atoms with Crippen LogP contribution in [0.25, 0.3) is 0 Å². The Bertz CT molecular complexity index is 377. The minimum absolute atomic E-state index is 0. The van der Waals surface area contributed by atoms with E-state index < -0.39 is 0 Å². The van der Waals surface area contributed by atoms with E-state index in [-0.39, 0.29) is 7.43 Å². The van der Waals surface area contributed by atoms with Crippen LogP contribution in [0.3, 0.4) is 0 Å². The fraction of sp³-hybridized carbons (Fsp3) is 0.467. The van der Waals surface area contributed by atoms with Crippen molar-refractivity contribution in [3.63, 3.8) is 0 Å². The van der Waals surface area contributed by atoms with E-state index in [4.69, 9.17) is 4.74 Å². The molecule has 0 atom stereocenters.